The van der Waals surface area contributed by atoms with E-state index in [1.165, 1.54) is 0 Å². The van der Waals surface area contributed by atoms with E-state index >= 15 is 0 Å². The fraction of sp³-hybridized carbons (Fsp3) is 0.300. The number of benzene rings is 2. The van der Waals surface area contributed by atoms with Gasteiger partial charge in [0, 0.05) is 12.8 Å². The lowest BCUT2D eigenvalue weighted by Crippen LogP contribution is -2.03. The molecule has 0 aromatic heterocycles. The summed E-state index contributed by atoms with van der Waals surface area (Å²) in [5, 5.41) is 0. The maximum Gasteiger partial charge on any atom is 0.188 e. The van der Waals surface area contributed by atoms with E-state index in [1.54, 1.807) is 14.2 Å². The molecule has 0 heterocycles. The molecule has 4 nitrogen and oxygen atoms in total. The first-order chi connectivity index (χ1) is 11.8. The van der Waals surface area contributed by atoms with Gasteiger partial charge < -0.3 is 9.47 Å². The Kier molecular flexibility index (Phi) is 7.54. The van der Waals surface area contributed by atoms with Gasteiger partial charge in [-0.3, -0.25) is 0 Å². The van der Waals surface area contributed by atoms with Crippen LogP contribution in [0.1, 0.15) is 25.7 Å². The molecule has 24 heavy (non-hydrogen) atoms. The quantitative estimate of drug-likeness (QED) is 0.394. The maximum absolute atomic E-state index is 5.37. The molecule has 0 saturated heterocycles. The van der Waals surface area contributed by atoms with Gasteiger partial charge in [0.2, 0.25) is 0 Å². The van der Waals surface area contributed by atoms with Crippen LogP contribution in [0.25, 0.3) is 0 Å². The topological polar surface area (TPSA) is 43.2 Å². The predicted molar refractivity (Wildman–Crippen MR) is 99.6 cm³/mol. The number of aliphatic imine (C=N–C) groups is 2. The molecule has 0 bridgehead atoms. The van der Waals surface area contributed by atoms with Crippen molar-refractivity contribution in [2.24, 2.45) is 9.98 Å². The summed E-state index contributed by atoms with van der Waals surface area (Å²) in [6.45, 7) is 0. The fourth-order valence-electron chi connectivity index (χ4n) is 2.25. The van der Waals surface area contributed by atoms with E-state index in [4.69, 9.17) is 9.47 Å². The summed E-state index contributed by atoms with van der Waals surface area (Å²) >= 11 is 0. The van der Waals surface area contributed by atoms with Gasteiger partial charge >= 0.3 is 0 Å². The van der Waals surface area contributed by atoms with Crippen molar-refractivity contribution < 1.29 is 9.47 Å². The van der Waals surface area contributed by atoms with Crippen LogP contribution in [-0.4, -0.2) is 26.0 Å². The Bertz CT molecular complexity index is 592. The molecule has 2 aromatic rings. The Balaban J connectivity index is 1.82. The number of methoxy groups -OCH3 is 2. The molecule has 4 heteroatoms. The molecule has 0 atom stereocenters. The Labute approximate surface area is 143 Å². The molecule has 0 spiro atoms. The summed E-state index contributed by atoms with van der Waals surface area (Å²) < 4.78 is 10.7. The summed E-state index contributed by atoms with van der Waals surface area (Å²) in [4.78, 5) is 9.03. The first-order valence-corrected chi connectivity index (χ1v) is 8.15. The Morgan fingerprint density at radius 1 is 0.667 bits per heavy atom. The van der Waals surface area contributed by atoms with Crippen molar-refractivity contribution in [2.75, 3.05) is 14.2 Å². The minimum atomic E-state index is 0.750. The molecule has 2 aromatic carbocycles. The molecular weight excluding hydrogens is 300 g/mol. The van der Waals surface area contributed by atoms with Crippen LogP contribution in [0, 0.1) is 0 Å². The van der Waals surface area contributed by atoms with Crippen LogP contribution < -0.4 is 0 Å². The van der Waals surface area contributed by atoms with E-state index in [0.29, 0.717) is 0 Å². The van der Waals surface area contributed by atoms with Gasteiger partial charge in [0.15, 0.2) is 11.8 Å². The summed E-state index contributed by atoms with van der Waals surface area (Å²) in [6, 6.07) is 19.7. The lowest BCUT2D eigenvalue weighted by molar-refractivity contribution is 0.380. The largest absolute Gasteiger partial charge is 0.484 e. The predicted octanol–water partition coefficient (Wildman–Crippen LogP) is 5.30. The highest BCUT2D eigenvalue weighted by Crippen LogP contribution is 2.15. The van der Waals surface area contributed by atoms with Gasteiger partial charge in [0.1, 0.15) is 0 Å². The highest BCUT2D eigenvalue weighted by Gasteiger charge is 2.03. The molecule has 0 aliphatic heterocycles. The molecular formula is C20H24N2O2. The molecule has 0 amide bonds. The number of ether oxygens (including phenoxy) is 2. The summed E-state index contributed by atoms with van der Waals surface area (Å²) in [7, 11) is 3.33. The van der Waals surface area contributed by atoms with Gasteiger partial charge in [-0.1, -0.05) is 36.4 Å². The van der Waals surface area contributed by atoms with Crippen molar-refractivity contribution in [3.8, 4) is 0 Å². The monoisotopic (exact) mass is 324 g/mol. The first kappa shape index (κ1) is 17.7. The van der Waals surface area contributed by atoms with Crippen LogP contribution >= 0.6 is 0 Å². The molecule has 0 fully saturated rings. The zero-order valence-corrected chi connectivity index (χ0v) is 14.3. The number of hydrogen-bond acceptors (Lipinski definition) is 4. The lowest BCUT2D eigenvalue weighted by Gasteiger charge is -2.07. The molecule has 0 unspecified atom stereocenters. The van der Waals surface area contributed by atoms with Crippen molar-refractivity contribution in [1.29, 1.82) is 0 Å². The molecule has 0 aliphatic rings. The Hall–Kier alpha value is -2.62. The number of nitrogens with zero attached hydrogens (tertiary/aromatic N) is 2. The SMILES string of the molecule is CO/C(CCCC/C(=N/c1ccccc1)OC)=N\c1ccccc1. The summed E-state index contributed by atoms with van der Waals surface area (Å²) in [5.74, 6) is 1.50. The van der Waals surface area contributed by atoms with Crippen molar-refractivity contribution in [2.45, 2.75) is 25.7 Å². The standard InChI is InChI=1S/C20H24N2O2/c1-23-19(21-17-11-5-3-6-12-17)15-9-10-16-20(24-2)22-18-13-7-4-8-14-18/h3-8,11-14H,9-10,15-16H2,1-2H3/b21-19-,22-20-. The second kappa shape index (κ2) is 10.2. The van der Waals surface area contributed by atoms with E-state index < -0.39 is 0 Å². The molecule has 2 rings (SSSR count). The van der Waals surface area contributed by atoms with E-state index in [1.807, 2.05) is 60.7 Å². The first-order valence-electron chi connectivity index (χ1n) is 8.15. The molecule has 0 N–H and O–H groups in total. The van der Waals surface area contributed by atoms with Crippen molar-refractivity contribution >= 4 is 23.2 Å². The van der Waals surface area contributed by atoms with E-state index in [2.05, 4.69) is 9.98 Å². The minimum Gasteiger partial charge on any atom is -0.484 e. The van der Waals surface area contributed by atoms with Crippen molar-refractivity contribution in [3.63, 3.8) is 0 Å². The molecule has 126 valence electrons. The van der Waals surface area contributed by atoms with Crippen molar-refractivity contribution in [1.82, 2.24) is 0 Å². The smallest absolute Gasteiger partial charge is 0.188 e. The summed E-state index contributed by atoms with van der Waals surface area (Å²) in [5.41, 5.74) is 1.83. The second-order valence-electron chi connectivity index (χ2n) is 5.30. The molecule has 0 radical (unpaired) electrons. The van der Waals surface area contributed by atoms with Crippen LogP contribution in [0.2, 0.25) is 0 Å². The fourth-order valence-corrected chi connectivity index (χ4v) is 2.25. The third kappa shape index (κ3) is 6.24. The average molecular weight is 324 g/mol. The summed E-state index contributed by atoms with van der Waals surface area (Å²) in [6.07, 6.45) is 3.54. The van der Waals surface area contributed by atoms with Gasteiger partial charge in [0.25, 0.3) is 0 Å². The molecule has 0 aliphatic carbocycles. The minimum absolute atomic E-state index is 0.750. The maximum atomic E-state index is 5.37. The van der Waals surface area contributed by atoms with Gasteiger partial charge in [0.05, 0.1) is 25.6 Å². The van der Waals surface area contributed by atoms with Crippen LogP contribution in [0.3, 0.4) is 0 Å². The van der Waals surface area contributed by atoms with E-state index in [0.717, 1.165) is 48.9 Å². The van der Waals surface area contributed by atoms with Crippen LogP contribution in [0.15, 0.2) is 70.6 Å². The zero-order valence-electron chi connectivity index (χ0n) is 14.3. The Morgan fingerprint density at radius 2 is 1.04 bits per heavy atom. The van der Waals surface area contributed by atoms with Crippen LogP contribution in [0.5, 0.6) is 0 Å². The third-order valence-corrected chi connectivity index (χ3v) is 3.52. The highest BCUT2D eigenvalue weighted by atomic mass is 16.5. The lowest BCUT2D eigenvalue weighted by atomic mass is 10.2. The van der Waals surface area contributed by atoms with E-state index in [-0.39, 0.29) is 0 Å². The zero-order chi connectivity index (χ0) is 17.0. The third-order valence-electron chi connectivity index (χ3n) is 3.52. The van der Waals surface area contributed by atoms with Crippen LogP contribution in [-0.2, 0) is 9.47 Å². The van der Waals surface area contributed by atoms with Gasteiger partial charge in [-0.05, 0) is 37.1 Å². The Morgan fingerprint density at radius 3 is 1.38 bits per heavy atom. The number of unbranched alkanes of at least 4 members (excludes halogenated alkanes) is 1. The van der Waals surface area contributed by atoms with E-state index in [9.17, 15) is 0 Å². The van der Waals surface area contributed by atoms with Gasteiger partial charge in [-0.15, -0.1) is 0 Å². The number of rotatable bonds is 7. The highest BCUT2D eigenvalue weighted by molar-refractivity contribution is 5.80. The number of hydrogen-bond donors (Lipinski definition) is 0. The number of para-hydroxylation sites is 2. The average Bonchev–Trinajstić information content (AvgIpc) is 2.64. The van der Waals surface area contributed by atoms with Gasteiger partial charge in [-0.25, -0.2) is 9.98 Å². The van der Waals surface area contributed by atoms with Crippen molar-refractivity contribution in [3.05, 3.63) is 60.7 Å². The van der Waals surface area contributed by atoms with Crippen LogP contribution in [0.4, 0.5) is 11.4 Å². The van der Waals surface area contributed by atoms with Gasteiger partial charge in [-0.2, -0.15) is 0 Å². The normalized spacial score (nSPS) is 12.1. The molecule has 0 saturated carbocycles. The second-order valence-corrected chi connectivity index (χ2v) is 5.30.